The first-order valence-electron chi connectivity index (χ1n) is 9.23. The van der Waals surface area contributed by atoms with E-state index in [0.717, 1.165) is 41.9 Å². The zero-order chi connectivity index (χ0) is 18.8. The third-order valence-corrected chi connectivity index (χ3v) is 5.15. The van der Waals surface area contributed by atoms with E-state index in [1.165, 1.54) is 12.1 Å². The van der Waals surface area contributed by atoms with Gasteiger partial charge in [-0.05, 0) is 23.3 Å². The van der Waals surface area contributed by atoms with Crippen LogP contribution in [-0.4, -0.2) is 50.1 Å². The number of para-hydroxylation sites is 1. The third-order valence-electron chi connectivity index (χ3n) is 5.15. The molecule has 0 radical (unpaired) electrons. The van der Waals surface area contributed by atoms with Crippen LogP contribution in [0.25, 0.3) is 11.1 Å². The van der Waals surface area contributed by atoms with Crippen molar-refractivity contribution in [2.45, 2.75) is 18.6 Å². The number of morpholine rings is 1. The molecular formula is C21H22FN3O2. The maximum atomic E-state index is 14.2. The maximum Gasteiger partial charge on any atom is 0.141 e. The topological polar surface area (TPSA) is 68.5 Å². The predicted molar refractivity (Wildman–Crippen MR) is 101 cm³/mol. The summed E-state index contributed by atoms with van der Waals surface area (Å²) < 4.78 is 20.1. The first-order valence-corrected chi connectivity index (χ1v) is 9.23. The van der Waals surface area contributed by atoms with E-state index in [4.69, 9.17) is 10.00 Å². The summed E-state index contributed by atoms with van der Waals surface area (Å²) in [7, 11) is 0. The molecule has 27 heavy (non-hydrogen) atoms. The lowest BCUT2D eigenvalue weighted by Gasteiger charge is -2.40. The van der Waals surface area contributed by atoms with E-state index in [2.05, 4.69) is 16.3 Å². The molecule has 2 aliphatic rings. The first-order chi connectivity index (χ1) is 13.2. The van der Waals surface area contributed by atoms with Crippen LogP contribution >= 0.6 is 0 Å². The molecule has 0 bridgehead atoms. The highest BCUT2D eigenvalue weighted by atomic mass is 19.1. The normalized spacial score (nSPS) is 20.2. The Morgan fingerprint density at radius 3 is 2.81 bits per heavy atom. The highest BCUT2D eigenvalue weighted by Crippen LogP contribution is 2.38. The number of aliphatic hydroxyl groups is 1. The average Bonchev–Trinajstić information content (AvgIpc) is 2.66. The lowest BCUT2D eigenvalue weighted by molar-refractivity contribution is 0.0292. The molecule has 1 atom stereocenters. The second-order valence-electron chi connectivity index (χ2n) is 7.08. The minimum absolute atomic E-state index is 0.0394. The highest BCUT2D eigenvalue weighted by Gasteiger charge is 2.29. The molecule has 2 heterocycles. The van der Waals surface area contributed by atoms with Gasteiger partial charge >= 0.3 is 0 Å². The Bertz CT molecular complexity index is 868. The summed E-state index contributed by atoms with van der Waals surface area (Å²) in [5.41, 5.74) is 3.82. The second-order valence-corrected chi connectivity index (χ2v) is 7.08. The van der Waals surface area contributed by atoms with Crippen LogP contribution in [-0.2, 0) is 11.2 Å². The molecule has 0 aromatic heterocycles. The quantitative estimate of drug-likeness (QED) is 0.866. The molecule has 5 nitrogen and oxygen atoms in total. The van der Waals surface area contributed by atoms with E-state index in [9.17, 15) is 9.50 Å². The molecule has 2 aliphatic heterocycles. The van der Waals surface area contributed by atoms with Crippen molar-refractivity contribution in [3.05, 3.63) is 53.3 Å². The fourth-order valence-corrected chi connectivity index (χ4v) is 3.77. The highest BCUT2D eigenvalue weighted by molar-refractivity contribution is 5.82. The van der Waals surface area contributed by atoms with Crippen LogP contribution in [0.4, 0.5) is 10.1 Å². The van der Waals surface area contributed by atoms with Crippen LogP contribution in [0.3, 0.4) is 0 Å². The van der Waals surface area contributed by atoms with Gasteiger partial charge in [0.05, 0.1) is 24.4 Å². The average molecular weight is 367 g/mol. The fourth-order valence-electron chi connectivity index (χ4n) is 3.77. The van der Waals surface area contributed by atoms with Crippen LogP contribution in [0, 0.1) is 17.1 Å². The minimum Gasteiger partial charge on any atom is -0.389 e. The summed E-state index contributed by atoms with van der Waals surface area (Å²) in [5, 5.41) is 22.1. The van der Waals surface area contributed by atoms with Gasteiger partial charge < -0.3 is 20.1 Å². The number of anilines is 1. The Hall–Kier alpha value is -2.46. The standard InChI is InChI=1S/C21H22FN3O2/c22-20-9-14(4-5-16(20)10-23)19-3-1-2-15(8-18-11-24-6-7-27-18)21(19)25-12-17(26)13-25/h1-5,9,17-18,24,26H,6-8,11-13H2. The van der Waals surface area contributed by atoms with Crippen LogP contribution in [0.1, 0.15) is 11.1 Å². The van der Waals surface area contributed by atoms with Crippen molar-refractivity contribution in [1.82, 2.24) is 5.32 Å². The number of ether oxygens (including phenoxy) is 1. The molecule has 2 N–H and O–H groups in total. The van der Waals surface area contributed by atoms with Gasteiger partial charge in [0.15, 0.2) is 0 Å². The van der Waals surface area contributed by atoms with Gasteiger partial charge in [-0.3, -0.25) is 0 Å². The fraction of sp³-hybridized carbons (Fsp3) is 0.381. The van der Waals surface area contributed by atoms with Crippen molar-refractivity contribution >= 4 is 5.69 Å². The molecule has 0 spiro atoms. The van der Waals surface area contributed by atoms with Crippen LogP contribution in [0.15, 0.2) is 36.4 Å². The van der Waals surface area contributed by atoms with Crippen LogP contribution in [0.2, 0.25) is 0 Å². The van der Waals surface area contributed by atoms with Crippen molar-refractivity contribution < 1.29 is 14.2 Å². The van der Waals surface area contributed by atoms with Gasteiger partial charge in [-0.15, -0.1) is 0 Å². The minimum atomic E-state index is -0.519. The maximum absolute atomic E-state index is 14.2. The van der Waals surface area contributed by atoms with Crippen molar-refractivity contribution in [2.24, 2.45) is 0 Å². The largest absolute Gasteiger partial charge is 0.389 e. The number of nitriles is 1. The van der Waals surface area contributed by atoms with Gasteiger partial charge in [0.1, 0.15) is 11.9 Å². The van der Waals surface area contributed by atoms with Crippen LogP contribution < -0.4 is 10.2 Å². The molecule has 6 heteroatoms. The molecular weight excluding hydrogens is 345 g/mol. The zero-order valence-electron chi connectivity index (χ0n) is 15.0. The number of β-amino-alcohol motifs (C(OH)–C–C–N with tert-alkyl or cyclic N) is 1. The zero-order valence-corrected chi connectivity index (χ0v) is 15.0. The summed E-state index contributed by atoms with van der Waals surface area (Å²) in [6.45, 7) is 3.49. The van der Waals surface area contributed by atoms with Crippen LogP contribution in [0.5, 0.6) is 0 Å². The van der Waals surface area contributed by atoms with E-state index < -0.39 is 5.82 Å². The number of halogens is 1. The summed E-state index contributed by atoms with van der Waals surface area (Å²) in [6.07, 6.45) is 0.509. The SMILES string of the molecule is N#Cc1ccc(-c2cccc(CC3CNCCO3)c2N2CC(O)C2)cc1F. The third kappa shape index (κ3) is 3.67. The summed E-state index contributed by atoms with van der Waals surface area (Å²) in [5.74, 6) is -0.519. The van der Waals surface area contributed by atoms with Crippen molar-refractivity contribution in [3.63, 3.8) is 0 Å². The summed E-state index contributed by atoms with van der Waals surface area (Å²) in [4.78, 5) is 2.13. The molecule has 0 aliphatic carbocycles. The Balaban J connectivity index is 1.73. The van der Waals surface area contributed by atoms with Crippen molar-refractivity contribution in [2.75, 3.05) is 37.7 Å². The van der Waals surface area contributed by atoms with E-state index in [-0.39, 0.29) is 17.8 Å². The van der Waals surface area contributed by atoms with Gasteiger partial charge in [-0.1, -0.05) is 24.3 Å². The smallest absolute Gasteiger partial charge is 0.141 e. The van der Waals surface area contributed by atoms with Gasteiger partial charge in [-0.2, -0.15) is 5.26 Å². The molecule has 2 aromatic carbocycles. The van der Waals surface area contributed by atoms with Gasteiger partial charge in [0.2, 0.25) is 0 Å². The number of hydrogen-bond donors (Lipinski definition) is 2. The Labute approximate surface area is 158 Å². The number of benzene rings is 2. The second kappa shape index (κ2) is 7.65. The lowest BCUT2D eigenvalue weighted by atomic mass is 9.93. The van der Waals surface area contributed by atoms with Gasteiger partial charge in [0.25, 0.3) is 0 Å². The predicted octanol–water partition coefficient (Wildman–Crippen LogP) is 2.08. The lowest BCUT2D eigenvalue weighted by Crippen LogP contribution is -2.51. The molecule has 1 unspecified atom stereocenters. The molecule has 4 rings (SSSR count). The molecule has 2 saturated heterocycles. The van der Waals surface area contributed by atoms with E-state index in [1.54, 1.807) is 6.07 Å². The number of rotatable bonds is 4. The monoisotopic (exact) mass is 367 g/mol. The van der Waals surface area contributed by atoms with Crippen molar-refractivity contribution in [3.8, 4) is 17.2 Å². The Morgan fingerprint density at radius 1 is 1.30 bits per heavy atom. The Kier molecular flexibility index (Phi) is 5.08. The summed E-state index contributed by atoms with van der Waals surface area (Å²) >= 11 is 0. The molecule has 0 saturated carbocycles. The number of aliphatic hydroxyl groups excluding tert-OH is 1. The molecule has 0 amide bonds. The molecule has 140 valence electrons. The number of hydrogen-bond acceptors (Lipinski definition) is 5. The molecule has 2 fully saturated rings. The van der Waals surface area contributed by atoms with Gasteiger partial charge in [0, 0.05) is 43.9 Å². The first kappa shape index (κ1) is 17.9. The number of nitrogens with zero attached hydrogens (tertiary/aromatic N) is 2. The van der Waals surface area contributed by atoms with Crippen molar-refractivity contribution in [1.29, 1.82) is 5.26 Å². The van der Waals surface area contributed by atoms with Gasteiger partial charge in [-0.25, -0.2) is 4.39 Å². The molecule has 2 aromatic rings. The Morgan fingerprint density at radius 2 is 2.15 bits per heavy atom. The van der Waals surface area contributed by atoms with E-state index in [1.807, 2.05) is 18.2 Å². The van der Waals surface area contributed by atoms with E-state index >= 15 is 0 Å². The van der Waals surface area contributed by atoms with E-state index in [0.29, 0.717) is 19.7 Å². The number of nitrogens with one attached hydrogen (secondary N) is 1. The summed E-state index contributed by atoms with van der Waals surface area (Å²) in [6, 6.07) is 12.6.